The zero-order valence-corrected chi connectivity index (χ0v) is 9.43. The molecule has 3 nitrogen and oxygen atoms in total. The summed E-state index contributed by atoms with van der Waals surface area (Å²) in [6.45, 7) is 0. The summed E-state index contributed by atoms with van der Waals surface area (Å²) in [5.74, 6) is -0.00598. The third-order valence-electron chi connectivity index (χ3n) is 1.83. The Morgan fingerprint density at radius 3 is 2.62 bits per heavy atom. The number of hydrogen-bond donors (Lipinski definition) is 1. The lowest BCUT2D eigenvalue weighted by Crippen LogP contribution is -1.94. The van der Waals surface area contributed by atoms with E-state index in [2.05, 4.69) is 15.3 Å². The Morgan fingerprint density at radius 2 is 1.94 bits per heavy atom. The highest BCUT2D eigenvalue weighted by molar-refractivity contribution is 6.30. The number of benzene rings is 1. The van der Waals surface area contributed by atoms with Crippen molar-refractivity contribution in [3.8, 4) is 0 Å². The summed E-state index contributed by atoms with van der Waals surface area (Å²) in [5.41, 5.74) is 0.539. The van der Waals surface area contributed by atoms with E-state index in [1.54, 1.807) is 6.07 Å². The van der Waals surface area contributed by atoms with Crippen LogP contribution >= 0.6 is 23.2 Å². The molecule has 0 saturated heterocycles. The predicted octanol–water partition coefficient (Wildman–Crippen LogP) is 3.67. The summed E-state index contributed by atoms with van der Waals surface area (Å²) in [6.07, 6.45) is 1.32. The first-order chi connectivity index (χ1) is 7.65. The van der Waals surface area contributed by atoms with E-state index in [1.807, 2.05) is 0 Å². The maximum absolute atomic E-state index is 13.1. The Morgan fingerprint density at radius 1 is 1.12 bits per heavy atom. The monoisotopic (exact) mass is 257 g/mol. The molecule has 0 radical (unpaired) electrons. The molecule has 0 spiro atoms. The lowest BCUT2D eigenvalue weighted by molar-refractivity contribution is 0.629. The molecular formula is C10H6Cl2FN3. The van der Waals surface area contributed by atoms with E-state index < -0.39 is 5.82 Å². The molecule has 1 aromatic carbocycles. The van der Waals surface area contributed by atoms with Crippen molar-refractivity contribution in [3.05, 3.63) is 46.6 Å². The summed E-state index contributed by atoms with van der Waals surface area (Å²) < 4.78 is 13.1. The summed E-state index contributed by atoms with van der Waals surface area (Å²) in [4.78, 5) is 7.66. The molecule has 16 heavy (non-hydrogen) atoms. The van der Waals surface area contributed by atoms with Crippen LogP contribution in [0.4, 0.5) is 15.9 Å². The van der Waals surface area contributed by atoms with Crippen molar-refractivity contribution in [1.29, 1.82) is 0 Å². The van der Waals surface area contributed by atoms with Gasteiger partial charge >= 0.3 is 0 Å². The third kappa shape index (κ3) is 2.59. The molecule has 0 atom stereocenters. The summed E-state index contributed by atoms with van der Waals surface area (Å²) in [5, 5.41) is 3.27. The molecule has 0 amide bonds. The first-order valence-electron chi connectivity index (χ1n) is 4.35. The standard InChI is InChI=1S/C10H6Cl2FN3/c11-7-2-1-6(3-8(7)13)16-10-4-9(12)14-5-15-10/h1-5H,(H,14,15,16). The Bertz CT molecular complexity index is 519. The van der Waals surface area contributed by atoms with Gasteiger partial charge < -0.3 is 5.32 Å². The first-order valence-corrected chi connectivity index (χ1v) is 5.10. The van der Waals surface area contributed by atoms with E-state index in [1.165, 1.54) is 24.5 Å². The van der Waals surface area contributed by atoms with Crippen molar-refractivity contribution >= 4 is 34.7 Å². The normalized spacial score (nSPS) is 10.2. The Kier molecular flexibility index (Phi) is 3.22. The molecule has 6 heteroatoms. The fraction of sp³-hybridized carbons (Fsp3) is 0. The number of anilines is 2. The van der Waals surface area contributed by atoms with Gasteiger partial charge in [-0.3, -0.25) is 0 Å². The molecule has 1 N–H and O–H groups in total. The van der Waals surface area contributed by atoms with E-state index in [0.717, 1.165) is 0 Å². The summed E-state index contributed by atoms with van der Waals surface area (Å²) >= 11 is 11.2. The SMILES string of the molecule is Fc1cc(Nc2cc(Cl)ncn2)ccc1Cl. The van der Waals surface area contributed by atoms with E-state index >= 15 is 0 Å². The number of aromatic nitrogens is 2. The molecule has 2 aromatic rings. The molecule has 0 saturated carbocycles. The Hall–Kier alpha value is -1.39. The van der Waals surface area contributed by atoms with E-state index in [4.69, 9.17) is 23.2 Å². The van der Waals surface area contributed by atoms with Gasteiger partial charge in [0, 0.05) is 11.8 Å². The van der Waals surface area contributed by atoms with Gasteiger partial charge in [-0.25, -0.2) is 14.4 Å². The van der Waals surface area contributed by atoms with Crippen LogP contribution in [-0.2, 0) is 0 Å². The first kappa shape index (κ1) is 11.1. The predicted molar refractivity (Wildman–Crippen MR) is 61.7 cm³/mol. The summed E-state index contributed by atoms with van der Waals surface area (Å²) in [7, 11) is 0. The fourth-order valence-corrected chi connectivity index (χ4v) is 1.39. The second-order valence-corrected chi connectivity index (χ2v) is 3.77. The van der Waals surface area contributed by atoms with E-state index in [9.17, 15) is 4.39 Å². The van der Waals surface area contributed by atoms with Crippen LogP contribution in [0.25, 0.3) is 0 Å². The van der Waals surface area contributed by atoms with Crippen LogP contribution in [0.15, 0.2) is 30.6 Å². The van der Waals surface area contributed by atoms with Crippen molar-refractivity contribution in [2.45, 2.75) is 0 Å². The zero-order valence-electron chi connectivity index (χ0n) is 7.92. The highest BCUT2D eigenvalue weighted by atomic mass is 35.5. The molecule has 0 aliphatic heterocycles. The van der Waals surface area contributed by atoms with Crippen molar-refractivity contribution in [3.63, 3.8) is 0 Å². The van der Waals surface area contributed by atoms with Gasteiger partial charge in [-0.2, -0.15) is 0 Å². The van der Waals surface area contributed by atoms with Crippen LogP contribution in [0, 0.1) is 5.82 Å². The molecule has 0 aliphatic carbocycles. The molecule has 1 heterocycles. The quantitative estimate of drug-likeness (QED) is 0.835. The third-order valence-corrected chi connectivity index (χ3v) is 2.34. The van der Waals surface area contributed by atoms with Gasteiger partial charge in [0.1, 0.15) is 23.1 Å². The molecule has 0 fully saturated rings. The largest absolute Gasteiger partial charge is 0.340 e. The van der Waals surface area contributed by atoms with Crippen LogP contribution in [0.1, 0.15) is 0 Å². The highest BCUT2D eigenvalue weighted by Crippen LogP contribution is 2.21. The summed E-state index contributed by atoms with van der Waals surface area (Å²) in [6, 6.07) is 5.91. The number of rotatable bonds is 2. The lowest BCUT2D eigenvalue weighted by Gasteiger charge is -2.05. The van der Waals surface area contributed by atoms with E-state index in [0.29, 0.717) is 16.7 Å². The number of nitrogens with zero attached hydrogens (tertiary/aromatic N) is 2. The second kappa shape index (κ2) is 4.63. The van der Waals surface area contributed by atoms with Crippen molar-refractivity contribution < 1.29 is 4.39 Å². The van der Waals surface area contributed by atoms with Crippen molar-refractivity contribution in [1.82, 2.24) is 9.97 Å². The number of hydrogen-bond acceptors (Lipinski definition) is 3. The molecule has 82 valence electrons. The number of halogens is 3. The molecular weight excluding hydrogens is 252 g/mol. The van der Waals surface area contributed by atoms with Crippen LogP contribution in [0.2, 0.25) is 10.2 Å². The molecule has 0 aliphatic rings. The van der Waals surface area contributed by atoms with Gasteiger partial charge in [0.15, 0.2) is 0 Å². The average molecular weight is 258 g/mol. The van der Waals surface area contributed by atoms with Crippen LogP contribution in [0.5, 0.6) is 0 Å². The molecule has 2 rings (SSSR count). The minimum atomic E-state index is -0.494. The van der Waals surface area contributed by atoms with Gasteiger partial charge in [0.25, 0.3) is 0 Å². The molecule has 0 unspecified atom stereocenters. The zero-order chi connectivity index (χ0) is 11.5. The fourth-order valence-electron chi connectivity index (χ4n) is 1.12. The van der Waals surface area contributed by atoms with Crippen molar-refractivity contribution in [2.24, 2.45) is 0 Å². The van der Waals surface area contributed by atoms with Gasteiger partial charge in [0.05, 0.1) is 5.02 Å². The minimum absolute atomic E-state index is 0.0752. The molecule has 1 aromatic heterocycles. The van der Waals surface area contributed by atoms with Gasteiger partial charge in [-0.1, -0.05) is 23.2 Å². The lowest BCUT2D eigenvalue weighted by atomic mass is 10.3. The van der Waals surface area contributed by atoms with Gasteiger partial charge in [-0.05, 0) is 18.2 Å². The maximum atomic E-state index is 13.1. The Labute approximate surface area is 101 Å². The van der Waals surface area contributed by atoms with Gasteiger partial charge in [0.2, 0.25) is 0 Å². The number of nitrogens with one attached hydrogen (secondary N) is 1. The van der Waals surface area contributed by atoms with Gasteiger partial charge in [-0.15, -0.1) is 0 Å². The maximum Gasteiger partial charge on any atom is 0.143 e. The van der Waals surface area contributed by atoms with Crippen LogP contribution in [0.3, 0.4) is 0 Å². The van der Waals surface area contributed by atoms with Crippen LogP contribution < -0.4 is 5.32 Å². The smallest absolute Gasteiger partial charge is 0.143 e. The van der Waals surface area contributed by atoms with Crippen molar-refractivity contribution in [2.75, 3.05) is 5.32 Å². The highest BCUT2D eigenvalue weighted by Gasteiger charge is 2.02. The average Bonchev–Trinajstić information content (AvgIpc) is 2.24. The topological polar surface area (TPSA) is 37.8 Å². The second-order valence-electron chi connectivity index (χ2n) is 2.98. The minimum Gasteiger partial charge on any atom is -0.340 e. The Balaban J connectivity index is 2.24. The molecule has 0 bridgehead atoms. The van der Waals surface area contributed by atoms with Crippen LogP contribution in [-0.4, -0.2) is 9.97 Å². The van der Waals surface area contributed by atoms with E-state index in [-0.39, 0.29) is 5.02 Å².